The highest BCUT2D eigenvalue weighted by atomic mass is 15.2. The first-order valence-corrected chi connectivity index (χ1v) is 6.16. The Labute approximate surface area is 82.5 Å². The summed E-state index contributed by atoms with van der Waals surface area (Å²) in [6, 6.07) is 0.959. The molecular formula is C12H23N. The van der Waals surface area contributed by atoms with Gasteiger partial charge in [0.15, 0.2) is 0 Å². The van der Waals surface area contributed by atoms with Gasteiger partial charge in [0.2, 0.25) is 0 Å². The van der Waals surface area contributed by atoms with Gasteiger partial charge in [0.25, 0.3) is 0 Å². The minimum Gasteiger partial charge on any atom is -0.300 e. The molecular weight excluding hydrogens is 158 g/mol. The summed E-state index contributed by atoms with van der Waals surface area (Å²) in [7, 11) is 0. The zero-order chi connectivity index (χ0) is 9.10. The Hall–Kier alpha value is -0.0400. The Morgan fingerprint density at radius 2 is 1.69 bits per heavy atom. The van der Waals surface area contributed by atoms with E-state index in [2.05, 4.69) is 11.8 Å². The lowest BCUT2D eigenvalue weighted by Crippen LogP contribution is -2.40. The highest BCUT2D eigenvalue weighted by Crippen LogP contribution is 2.32. The largest absolute Gasteiger partial charge is 0.300 e. The third-order valence-electron chi connectivity index (χ3n) is 4.00. The molecule has 0 aromatic heterocycles. The fourth-order valence-electron chi connectivity index (χ4n) is 3.22. The molecule has 0 N–H and O–H groups in total. The van der Waals surface area contributed by atoms with Crippen LogP contribution in [0.25, 0.3) is 0 Å². The molecule has 2 atom stereocenters. The molecule has 1 aliphatic heterocycles. The van der Waals surface area contributed by atoms with Crippen molar-refractivity contribution in [3.63, 3.8) is 0 Å². The predicted molar refractivity (Wildman–Crippen MR) is 56.8 cm³/mol. The first-order valence-electron chi connectivity index (χ1n) is 6.16. The quantitative estimate of drug-likeness (QED) is 0.633. The summed E-state index contributed by atoms with van der Waals surface area (Å²) in [6.45, 7) is 5.15. The number of hydrogen-bond donors (Lipinski definition) is 0. The van der Waals surface area contributed by atoms with Crippen LogP contribution in [0.5, 0.6) is 0 Å². The van der Waals surface area contributed by atoms with Crippen molar-refractivity contribution in [2.45, 2.75) is 57.9 Å². The van der Waals surface area contributed by atoms with E-state index in [1.807, 2.05) is 0 Å². The number of nitrogens with zero attached hydrogens (tertiary/aromatic N) is 1. The molecule has 1 nitrogen and oxygen atoms in total. The Bertz CT molecular complexity index is 147. The summed E-state index contributed by atoms with van der Waals surface area (Å²) in [5, 5.41) is 0. The average molecular weight is 181 g/mol. The molecule has 0 bridgehead atoms. The van der Waals surface area contributed by atoms with Gasteiger partial charge >= 0.3 is 0 Å². The predicted octanol–water partition coefficient (Wildman–Crippen LogP) is 3.05. The van der Waals surface area contributed by atoms with E-state index in [4.69, 9.17) is 0 Å². The molecule has 2 fully saturated rings. The van der Waals surface area contributed by atoms with Crippen molar-refractivity contribution >= 4 is 0 Å². The molecule has 0 unspecified atom stereocenters. The Kier molecular flexibility index (Phi) is 3.26. The van der Waals surface area contributed by atoms with E-state index in [-0.39, 0.29) is 0 Å². The van der Waals surface area contributed by atoms with Crippen LogP contribution >= 0.6 is 0 Å². The summed E-state index contributed by atoms with van der Waals surface area (Å²) in [4.78, 5) is 2.77. The zero-order valence-corrected chi connectivity index (χ0v) is 8.97. The maximum absolute atomic E-state index is 2.77. The van der Waals surface area contributed by atoms with Crippen LogP contribution in [0.1, 0.15) is 51.9 Å². The zero-order valence-electron chi connectivity index (χ0n) is 8.97. The van der Waals surface area contributed by atoms with E-state index >= 15 is 0 Å². The molecule has 1 heterocycles. The molecule has 2 aliphatic rings. The second-order valence-electron chi connectivity index (χ2n) is 4.76. The Morgan fingerprint density at radius 1 is 1.00 bits per heavy atom. The van der Waals surface area contributed by atoms with Crippen LogP contribution < -0.4 is 0 Å². The third-order valence-corrected chi connectivity index (χ3v) is 4.00. The molecule has 1 aliphatic carbocycles. The van der Waals surface area contributed by atoms with Crippen molar-refractivity contribution in [3.05, 3.63) is 0 Å². The molecule has 1 saturated heterocycles. The van der Waals surface area contributed by atoms with E-state index in [1.165, 1.54) is 58.0 Å². The number of rotatable bonds is 2. The molecule has 1 saturated carbocycles. The highest BCUT2D eigenvalue weighted by Gasteiger charge is 2.29. The summed E-state index contributed by atoms with van der Waals surface area (Å²) in [5.74, 6) is 1.02. The summed E-state index contributed by atoms with van der Waals surface area (Å²) >= 11 is 0. The summed E-state index contributed by atoms with van der Waals surface area (Å²) in [5.41, 5.74) is 0. The minimum absolute atomic E-state index is 0.959. The lowest BCUT2D eigenvalue weighted by Gasteiger charge is -2.37. The molecule has 0 aromatic rings. The van der Waals surface area contributed by atoms with Crippen LogP contribution in [-0.2, 0) is 0 Å². The summed E-state index contributed by atoms with van der Waals surface area (Å²) in [6.07, 6.45) is 10.3. The average Bonchev–Trinajstić information content (AvgIpc) is 2.70. The van der Waals surface area contributed by atoms with Gasteiger partial charge in [0.1, 0.15) is 0 Å². The SMILES string of the molecule is CC[C@H]1CCCC[C@@H]1N1CCCC1. The minimum atomic E-state index is 0.959. The normalized spacial score (nSPS) is 36.7. The van der Waals surface area contributed by atoms with Gasteiger partial charge < -0.3 is 4.90 Å². The number of hydrogen-bond acceptors (Lipinski definition) is 1. The van der Waals surface area contributed by atoms with Gasteiger partial charge in [0.05, 0.1) is 0 Å². The fraction of sp³-hybridized carbons (Fsp3) is 1.00. The van der Waals surface area contributed by atoms with Gasteiger partial charge in [-0.2, -0.15) is 0 Å². The third kappa shape index (κ3) is 2.07. The van der Waals surface area contributed by atoms with Gasteiger partial charge in [0, 0.05) is 6.04 Å². The van der Waals surface area contributed by atoms with E-state index in [9.17, 15) is 0 Å². The van der Waals surface area contributed by atoms with Gasteiger partial charge in [-0.3, -0.25) is 0 Å². The molecule has 0 radical (unpaired) electrons. The van der Waals surface area contributed by atoms with Crippen molar-refractivity contribution < 1.29 is 0 Å². The maximum Gasteiger partial charge on any atom is 0.0123 e. The summed E-state index contributed by atoms with van der Waals surface area (Å²) < 4.78 is 0. The number of likely N-dealkylation sites (tertiary alicyclic amines) is 1. The molecule has 13 heavy (non-hydrogen) atoms. The van der Waals surface area contributed by atoms with Crippen molar-refractivity contribution in [2.24, 2.45) is 5.92 Å². The second-order valence-corrected chi connectivity index (χ2v) is 4.76. The maximum atomic E-state index is 2.77. The second kappa shape index (κ2) is 4.45. The van der Waals surface area contributed by atoms with Crippen LogP contribution in [-0.4, -0.2) is 24.0 Å². The molecule has 0 aromatic carbocycles. The van der Waals surface area contributed by atoms with Gasteiger partial charge in [-0.05, 0) is 44.7 Å². The van der Waals surface area contributed by atoms with Crippen molar-refractivity contribution in [3.8, 4) is 0 Å². The first kappa shape index (κ1) is 9.51. The Morgan fingerprint density at radius 3 is 2.38 bits per heavy atom. The Balaban J connectivity index is 1.93. The van der Waals surface area contributed by atoms with Crippen LogP contribution in [0, 0.1) is 5.92 Å². The van der Waals surface area contributed by atoms with Gasteiger partial charge in [-0.15, -0.1) is 0 Å². The van der Waals surface area contributed by atoms with Crippen molar-refractivity contribution in [2.75, 3.05) is 13.1 Å². The molecule has 2 rings (SSSR count). The van der Waals surface area contributed by atoms with Crippen molar-refractivity contribution in [1.82, 2.24) is 4.90 Å². The first-order chi connectivity index (χ1) is 6.42. The molecule has 0 spiro atoms. The monoisotopic (exact) mass is 181 g/mol. The van der Waals surface area contributed by atoms with Crippen molar-refractivity contribution in [1.29, 1.82) is 0 Å². The van der Waals surface area contributed by atoms with Crippen LogP contribution in [0.2, 0.25) is 0 Å². The molecule has 76 valence electrons. The highest BCUT2D eigenvalue weighted by molar-refractivity contribution is 4.84. The molecule has 1 heteroatoms. The van der Waals surface area contributed by atoms with E-state index in [1.54, 1.807) is 0 Å². The topological polar surface area (TPSA) is 3.24 Å². The van der Waals surface area contributed by atoms with E-state index in [0.717, 1.165) is 12.0 Å². The van der Waals surface area contributed by atoms with E-state index in [0.29, 0.717) is 0 Å². The smallest absolute Gasteiger partial charge is 0.0123 e. The van der Waals surface area contributed by atoms with Gasteiger partial charge in [-0.25, -0.2) is 0 Å². The van der Waals surface area contributed by atoms with Crippen LogP contribution in [0.3, 0.4) is 0 Å². The van der Waals surface area contributed by atoms with Crippen LogP contribution in [0.4, 0.5) is 0 Å². The lowest BCUT2D eigenvalue weighted by atomic mass is 9.82. The standard InChI is InChI=1S/C12H23N/c1-2-11-7-3-4-8-12(11)13-9-5-6-10-13/h11-12H,2-10H2,1H3/t11-,12-/m0/s1. The molecule has 0 amide bonds. The van der Waals surface area contributed by atoms with Crippen LogP contribution in [0.15, 0.2) is 0 Å². The fourth-order valence-corrected chi connectivity index (χ4v) is 3.22. The van der Waals surface area contributed by atoms with E-state index < -0.39 is 0 Å². The lowest BCUT2D eigenvalue weighted by molar-refractivity contribution is 0.125. The van der Waals surface area contributed by atoms with Gasteiger partial charge in [-0.1, -0.05) is 26.2 Å².